The quantitative estimate of drug-likeness (QED) is 0.743. The number of fused-ring (bicyclic) bond motifs is 1. The molecule has 0 spiro atoms. The zero-order valence-electron chi connectivity index (χ0n) is 7.24. The third-order valence-electron chi connectivity index (χ3n) is 1.83. The van der Waals surface area contributed by atoms with Gasteiger partial charge < -0.3 is 0 Å². The maximum Gasteiger partial charge on any atom is 0.181 e. The molecule has 4 nitrogen and oxygen atoms in total. The van der Waals surface area contributed by atoms with Crippen molar-refractivity contribution < 1.29 is 4.79 Å². The van der Waals surface area contributed by atoms with Gasteiger partial charge in [0, 0.05) is 18.0 Å². The van der Waals surface area contributed by atoms with E-state index in [1.807, 2.05) is 12.1 Å². The van der Waals surface area contributed by atoms with Crippen molar-refractivity contribution in [2.45, 2.75) is 13.3 Å². The van der Waals surface area contributed by atoms with Gasteiger partial charge in [-0.15, -0.1) is 0 Å². The van der Waals surface area contributed by atoms with Crippen molar-refractivity contribution in [3.05, 3.63) is 24.0 Å². The van der Waals surface area contributed by atoms with Crippen molar-refractivity contribution >= 4 is 16.8 Å². The van der Waals surface area contributed by atoms with Crippen molar-refractivity contribution in [1.82, 2.24) is 15.2 Å². The van der Waals surface area contributed by atoms with E-state index in [0.29, 0.717) is 12.1 Å². The third-order valence-corrected chi connectivity index (χ3v) is 1.83. The summed E-state index contributed by atoms with van der Waals surface area (Å²) in [5, 5.41) is 7.72. The normalized spacial score (nSPS) is 10.5. The van der Waals surface area contributed by atoms with Gasteiger partial charge in [-0.05, 0) is 19.1 Å². The number of aromatic nitrogens is 3. The van der Waals surface area contributed by atoms with E-state index in [-0.39, 0.29) is 5.78 Å². The molecule has 2 aromatic rings. The van der Waals surface area contributed by atoms with Crippen molar-refractivity contribution in [2.24, 2.45) is 0 Å². The minimum absolute atomic E-state index is 0.120. The maximum atomic E-state index is 10.9. The summed E-state index contributed by atoms with van der Waals surface area (Å²) < 4.78 is 0. The van der Waals surface area contributed by atoms with E-state index in [0.717, 1.165) is 11.1 Å². The fraction of sp³-hybridized carbons (Fsp3) is 0.222. The predicted octanol–water partition coefficient (Wildman–Crippen LogP) is 1.09. The van der Waals surface area contributed by atoms with Crippen molar-refractivity contribution in [2.75, 3.05) is 0 Å². The van der Waals surface area contributed by atoms with E-state index in [1.165, 1.54) is 0 Å². The monoisotopic (exact) mass is 175 g/mol. The van der Waals surface area contributed by atoms with Gasteiger partial charge in [-0.2, -0.15) is 5.10 Å². The van der Waals surface area contributed by atoms with Crippen LogP contribution in [0.2, 0.25) is 0 Å². The van der Waals surface area contributed by atoms with Gasteiger partial charge in [0.2, 0.25) is 0 Å². The Morgan fingerprint density at radius 1 is 1.62 bits per heavy atom. The van der Waals surface area contributed by atoms with Crippen LogP contribution in [-0.2, 0) is 11.2 Å². The van der Waals surface area contributed by atoms with Gasteiger partial charge in [0.05, 0.1) is 5.69 Å². The van der Waals surface area contributed by atoms with Crippen LogP contribution in [0, 0.1) is 0 Å². The molecule has 2 rings (SSSR count). The highest BCUT2D eigenvalue weighted by molar-refractivity contribution is 5.85. The first-order chi connectivity index (χ1) is 6.27. The molecule has 66 valence electrons. The molecule has 13 heavy (non-hydrogen) atoms. The van der Waals surface area contributed by atoms with Crippen LogP contribution < -0.4 is 0 Å². The van der Waals surface area contributed by atoms with Gasteiger partial charge in [0.1, 0.15) is 5.78 Å². The van der Waals surface area contributed by atoms with Crippen LogP contribution in [0.5, 0.6) is 0 Å². The highest BCUT2D eigenvalue weighted by Crippen LogP contribution is 2.12. The molecule has 4 heteroatoms. The summed E-state index contributed by atoms with van der Waals surface area (Å²) in [5.41, 5.74) is 1.51. The number of H-pyrrole nitrogens is 1. The molecule has 2 aromatic heterocycles. The van der Waals surface area contributed by atoms with Gasteiger partial charge in [0.25, 0.3) is 0 Å². The van der Waals surface area contributed by atoms with E-state index in [1.54, 1.807) is 13.1 Å². The van der Waals surface area contributed by atoms with Gasteiger partial charge in [-0.1, -0.05) is 0 Å². The van der Waals surface area contributed by atoms with Crippen LogP contribution in [-0.4, -0.2) is 21.0 Å². The number of carbonyl (C=O) groups excluding carboxylic acids is 1. The molecular weight excluding hydrogens is 166 g/mol. The molecule has 0 atom stereocenters. The number of nitrogens with zero attached hydrogens (tertiary/aromatic N) is 2. The summed E-state index contributed by atoms with van der Waals surface area (Å²) in [7, 11) is 0. The van der Waals surface area contributed by atoms with Gasteiger partial charge in [-0.3, -0.25) is 9.89 Å². The Labute approximate surface area is 75.0 Å². The second-order valence-corrected chi connectivity index (χ2v) is 2.96. The molecule has 2 heterocycles. The van der Waals surface area contributed by atoms with Crippen LogP contribution >= 0.6 is 0 Å². The number of hydrogen-bond acceptors (Lipinski definition) is 3. The van der Waals surface area contributed by atoms with E-state index in [9.17, 15) is 4.79 Å². The molecule has 0 aliphatic rings. The standard InChI is InChI=1S/C9H9N3O/c1-6(13)5-8-7-3-2-4-10-9(7)12-11-8/h2-4H,5H2,1H3,(H,10,11,12). The molecule has 0 saturated heterocycles. The largest absolute Gasteiger partial charge is 0.300 e. The van der Waals surface area contributed by atoms with Gasteiger partial charge in [0.15, 0.2) is 5.65 Å². The lowest BCUT2D eigenvalue weighted by molar-refractivity contribution is -0.116. The number of rotatable bonds is 2. The molecule has 0 aromatic carbocycles. The summed E-state index contributed by atoms with van der Waals surface area (Å²) in [4.78, 5) is 14.9. The molecule has 0 bridgehead atoms. The fourth-order valence-electron chi connectivity index (χ4n) is 1.29. The maximum absolute atomic E-state index is 10.9. The summed E-state index contributed by atoms with van der Waals surface area (Å²) in [5.74, 6) is 0.120. The summed E-state index contributed by atoms with van der Waals surface area (Å²) >= 11 is 0. The topological polar surface area (TPSA) is 58.6 Å². The molecule has 0 aliphatic carbocycles. The van der Waals surface area contributed by atoms with Crippen molar-refractivity contribution in [1.29, 1.82) is 0 Å². The molecule has 0 radical (unpaired) electrons. The number of aromatic amines is 1. The van der Waals surface area contributed by atoms with E-state index >= 15 is 0 Å². The first kappa shape index (κ1) is 7.91. The minimum Gasteiger partial charge on any atom is -0.300 e. The van der Waals surface area contributed by atoms with Gasteiger partial charge >= 0.3 is 0 Å². The zero-order valence-corrected chi connectivity index (χ0v) is 7.24. The Bertz CT molecular complexity index is 447. The molecule has 0 saturated carbocycles. The molecular formula is C9H9N3O. The lowest BCUT2D eigenvalue weighted by atomic mass is 10.2. The number of nitrogens with one attached hydrogen (secondary N) is 1. The number of pyridine rings is 1. The van der Waals surface area contributed by atoms with Crippen LogP contribution in [0.3, 0.4) is 0 Å². The van der Waals surface area contributed by atoms with Crippen molar-refractivity contribution in [3.8, 4) is 0 Å². The van der Waals surface area contributed by atoms with Crippen LogP contribution in [0.15, 0.2) is 18.3 Å². The number of carbonyl (C=O) groups is 1. The highest BCUT2D eigenvalue weighted by Gasteiger charge is 2.06. The first-order valence-corrected chi connectivity index (χ1v) is 4.05. The molecule has 0 unspecified atom stereocenters. The number of hydrogen-bond donors (Lipinski definition) is 1. The Balaban J connectivity index is 2.51. The lowest BCUT2D eigenvalue weighted by Crippen LogP contribution is -1.96. The van der Waals surface area contributed by atoms with E-state index in [2.05, 4.69) is 15.2 Å². The summed E-state index contributed by atoms with van der Waals surface area (Å²) in [6.07, 6.45) is 2.07. The van der Waals surface area contributed by atoms with E-state index < -0.39 is 0 Å². The highest BCUT2D eigenvalue weighted by atomic mass is 16.1. The number of ketones is 1. The second kappa shape index (κ2) is 2.97. The molecule has 1 N–H and O–H groups in total. The Morgan fingerprint density at radius 2 is 2.46 bits per heavy atom. The second-order valence-electron chi connectivity index (χ2n) is 2.96. The van der Waals surface area contributed by atoms with Crippen LogP contribution in [0.25, 0.3) is 11.0 Å². The Kier molecular flexibility index (Phi) is 1.81. The summed E-state index contributed by atoms with van der Waals surface area (Å²) in [6.45, 7) is 1.56. The lowest BCUT2D eigenvalue weighted by Gasteiger charge is -1.91. The smallest absolute Gasteiger partial charge is 0.181 e. The third kappa shape index (κ3) is 1.42. The fourth-order valence-corrected chi connectivity index (χ4v) is 1.29. The van der Waals surface area contributed by atoms with Gasteiger partial charge in [-0.25, -0.2) is 4.98 Å². The van der Waals surface area contributed by atoms with Crippen LogP contribution in [0.4, 0.5) is 0 Å². The number of Topliss-reactive ketones (excluding diaryl/α,β-unsaturated/α-hetero) is 1. The predicted molar refractivity (Wildman–Crippen MR) is 48.3 cm³/mol. The Hall–Kier alpha value is -1.71. The van der Waals surface area contributed by atoms with E-state index in [4.69, 9.17) is 0 Å². The molecule has 0 aliphatic heterocycles. The minimum atomic E-state index is 0.120. The van der Waals surface area contributed by atoms with Crippen LogP contribution in [0.1, 0.15) is 12.6 Å². The summed E-state index contributed by atoms with van der Waals surface area (Å²) in [6, 6.07) is 3.74. The molecule has 0 amide bonds. The van der Waals surface area contributed by atoms with Crippen molar-refractivity contribution in [3.63, 3.8) is 0 Å². The zero-order chi connectivity index (χ0) is 9.26. The molecule has 0 fully saturated rings. The Morgan fingerprint density at radius 3 is 3.23 bits per heavy atom. The SMILES string of the molecule is CC(=O)Cc1[nH]nc2ncccc12. The average Bonchev–Trinajstić information content (AvgIpc) is 2.48. The average molecular weight is 175 g/mol. The first-order valence-electron chi connectivity index (χ1n) is 4.05.